The van der Waals surface area contributed by atoms with Gasteiger partial charge in [-0.1, -0.05) is 35.9 Å². The molecular formula is C20H24ClN3O3S. The first-order chi connectivity index (χ1) is 13.3. The summed E-state index contributed by atoms with van der Waals surface area (Å²) in [6, 6.07) is 13.9. The van der Waals surface area contributed by atoms with Gasteiger partial charge >= 0.3 is 0 Å². The van der Waals surface area contributed by atoms with E-state index in [1.807, 2.05) is 18.2 Å². The van der Waals surface area contributed by atoms with Crippen molar-refractivity contribution in [2.75, 3.05) is 18.1 Å². The fourth-order valence-corrected chi connectivity index (χ4v) is 5.53. The number of nitrogens with two attached hydrogens (primary N) is 1. The number of sulfonamides is 1. The molecule has 0 radical (unpaired) electrons. The topological polar surface area (TPSA) is 83.7 Å². The van der Waals surface area contributed by atoms with E-state index in [-0.39, 0.29) is 23.1 Å². The number of anilines is 1. The van der Waals surface area contributed by atoms with Crippen molar-refractivity contribution in [2.45, 2.75) is 31.1 Å². The standard InChI is InChI=1S/C20H24ClN3O3S/c1-15-18(21)10-5-11-19(15)28(26,27)23-12-6-7-16(14-23)13-20(25)24(22)17-8-3-2-4-9-17/h2-5,8-11,16H,6-7,12-14,22H2,1H3. The minimum absolute atomic E-state index is 0.0784. The van der Waals surface area contributed by atoms with Crippen molar-refractivity contribution < 1.29 is 13.2 Å². The van der Waals surface area contributed by atoms with Crippen LogP contribution in [0.4, 0.5) is 5.69 Å². The van der Waals surface area contributed by atoms with Gasteiger partial charge in [0.15, 0.2) is 0 Å². The first-order valence-electron chi connectivity index (χ1n) is 9.18. The van der Waals surface area contributed by atoms with Gasteiger partial charge in [-0.2, -0.15) is 4.31 Å². The Morgan fingerprint density at radius 3 is 2.64 bits per heavy atom. The predicted molar refractivity (Wildman–Crippen MR) is 110 cm³/mol. The molecule has 1 amide bonds. The molecule has 0 aliphatic carbocycles. The average molecular weight is 422 g/mol. The normalized spacial score (nSPS) is 18.0. The van der Waals surface area contributed by atoms with Gasteiger partial charge in [0.05, 0.1) is 10.6 Å². The van der Waals surface area contributed by atoms with E-state index in [1.54, 1.807) is 37.3 Å². The Morgan fingerprint density at radius 1 is 1.21 bits per heavy atom. The molecule has 1 aliphatic heterocycles. The second kappa shape index (κ2) is 8.61. The highest BCUT2D eigenvalue weighted by Gasteiger charge is 2.32. The van der Waals surface area contributed by atoms with Gasteiger partial charge in [0.2, 0.25) is 15.9 Å². The number of carbonyl (C=O) groups is 1. The molecule has 0 bridgehead atoms. The van der Waals surface area contributed by atoms with Gasteiger partial charge in [-0.05, 0) is 55.5 Å². The molecule has 6 nitrogen and oxygen atoms in total. The maximum Gasteiger partial charge on any atom is 0.243 e. The first-order valence-corrected chi connectivity index (χ1v) is 11.0. The number of nitrogens with zero attached hydrogens (tertiary/aromatic N) is 2. The highest BCUT2D eigenvalue weighted by atomic mass is 35.5. The lowest BCUT2D eigenvalue weighted by Gasteiger charge is -2.32. The molecule has 2 aromatic carbocycles. The average Bonchev–Trinajstić information content (AvgIpc) is 2.70. The number of rotatable bonds is 5. The zero-order valence-electron chi connectivity index (χ0n) is 15.7. The van der Waals surface area contributed by atoms with E-state index < -0.39 is 10.0 Å². The van der Waals surface area contributed by atoms with Crippen LogP contribution in [0.1, 0.15) is 24.8 Å². The van der Waals surface area contributed by atoms with Crippen LogP contribution in [-0.2, 0) is 14.8 Å². The minimum atomic E-state index is -3.66. The van der Waals surface area contributed by atoms with E-state index in [0.29, 0.717) is 35.8 Å². The smallest absolute Gasteiger partial charge is 0.243 e. The Bertz CT molecular complexity index is 950. The van der Waals surface area contributed by atoms with Crippen LogP contribution < -0.4 is 10.9 Å². The molecule has 1 atom stereocenters. The van der Waals surface area contributed by atoms with E-state index in [0.717, 1.165) is 11.4 Å². The van der Waals surface area contributed by atoms with Crippen molar-refractivity contribution in [3.63, 3.8) is 0 Å². The van der Waals surface area contributed by atoms with Gasteiger partial charge in [-0.3, -0.25) is 4.79 Å². The molecule has 1 saturated heterocycles. The summed E-state index contributed by atoms with van der Waals surface area (Å²) in [6.45, 7) is 2.43. The molecular weight excluding hydrogens is 398 g/mol. The first kappa shape index (κ1) is 20.8. The molecule has 1 aliphatic rings. The molecule has 2 aromatic rings. The fourth-order valence-electron chi connectivity index (χ4n) is 3.50. The number of halogens is 1. The number of hydrazine groups is 1. The van der Waals surface area contributed by atoms with Crippen LogP contribution in [-0.4, -0.2) is 31.7 Å². The third kappa shape index (κ3) is 4.38. The molecule has 1 heterocycles. The maximum atomic E-state index is 13.1. The molecule has 8 heteroatoms. The summed E-state index contributed by atoms with van der Waals surface area (Å²) in [4.78, 5) is 12.8. The van der Waals surface area contributed by atoms with Crippen LogP contribution in [0.2, 0.25) is 5.02 Å². The molecule has 150 valence electrons. The zero-order valence-corrected chi connectivity index (χ0v) is 17.3. The summed E-state index contributed by atoms with van der Waals surface area (Å²) in [5, 5.41) is 1.56. The summed E-state index contributed by atoms with van der Waals surface area (Å²) < 4.78 is 27.6. The fraction of sp³-hybridized carbons (Fsp3) is 0.350. The molecule has 1 fully saturated rings. The van der Waals surface area contributed by atoms with Crippen molar-refractivity contribution in [1.82, 2.24) is 4.31 Å². The Labute approximate surface area is 170 Å². The summed E-state index contributed by atoms with van der Waals surface area (Å²) in [6.07, 6.45) is 1.69. The largest absolute Gasteiger partial charge is 0.273 e. The maximum absolute atomic E-state index is 13.1. The Kier molecular flexibility index (Phi) is 6.40. The van der Waals surface area contributed by atoms with E-state index >= 15 is 0 Å². The van der Waals surface area contributed by atoms with E-state index in [1.165, 1.54) is 4.31 Å². The quantitative estimate of drug-likeness (QED) is 0.456. The van der Waals surface area contributed by atoms with Gasteiger partial charge in [-0.25, -0.2) is 19.3 Å². The van der Waals surface area contributed by atoms with Crippen molar-refractivity contribution in [2.24, 2.45) is 11.8 Å². The second-order valence-corrected chi connectivity index (χ2v) is 9.35. The number of benzene rings is 2. The van der Waals surface area contributed by atoms with Crippen LogP contribution in [0, 0.1) is 12.8 Å². The van der Waals surface area contributed by atoms with Crippen LogP contribution in [0.3, 0.4) is 0 Å². The van der Waals surface area contributed by atoms with Crippen LogP contribution in [0.5, 0.6) is 0 Å². The lowest BCUT2D eigenvalue weighted by Crippen LogP contribution is -2.43. The van der Waals surface area contributed by atoms with Gasteiger partial charge in [0, 0.05) is 24.5 Å². The third-order valence-corrected chi connectivity index (χ3v) is 7.50. The Morgan fingerprint density at radius 2 is 1.93 bits per heavy atom. The molecule has 0 aromatic heterocycles. The number of amides is 1. The van der Waals surface area contributed by atoms with Crippen LogP contribution in [0.15, 0.2) is 53.4 Å². The van der Waals surface area contributed by atoms with Crippen LogP contribution in [0.25, 0.3) is 0 Å². The van der Waals surface area contributed by atoms with Gasteiger partial charge in [-0.15, -0.1) is 0 Å². The predicted octanol–water partition coefficient (Wildman–Crippen LogP) is 3.35. The lowest BCUT2D eigenvalue weighted by molar-refractivity contribution is -0.119. The van der Waals surface area contributed by atoms with Gasteiger partial charge < -0.3 is 0 Å². The lowest BCUT2D eigenvalue weighted by atomic mass is 9.96. The summed E-state index contributed by atoms with van der Waals surface area (Å²) >= 11 is 6.10. The van der Waals surface area contributed by atoms with Crippen LogP contribution >= 0.6 is 11.6 Å². The number of hydrogen-bond acceptors (Lipinski definition) is 4. The van der Waals surface area contributed by atoms with E-state index in [2.05, 4.69) is 0 Å². The molecule has 0 saturated carbocycles. The van der Waals surface area contributed by atoms with Crippen molar-refractivity contribution in [1.29, 1.82) is 0 Å². The number of hydrogen-bond donors (Lipinski definition) is 1. The Balaban J connectivity index is 1.72. The van der Waals surface area contributed by atoms with E-state index in [9.17, 15) is 13.2 Å². The third-order valence-electron chi connectivity index (χ3n) is 5.08. The van der Waals surface area contributed by atoms with Crippen molar-refractivity contribution in [3.8, 4) is 0 Å². The highest BCUT2D eigenvalue weighted by molar-refractivity contribution is 7.89. The summed E-state index contributed by atoms with van der Waals surface area (Å²) in [5.41, 5.74) is 1.15. The molecule has 2 N–H and O–H groups in total. The molecule has 28 heavy (non-hydrogen) atoms. The van der Waals surface area contributed by atoms with Crippen molar-refractivity contribution >= 4 is 33.2 Å². The number of carbonyl (C=O) groups excluding carboxylic acids is 1. The zero-order chi connectivity index (χ0) is 20.3. The summed E-state index contributed by atoms with van der Waals surface area (Å²) in [7, 11) is -3.66. The molecule has 0 spiro atoms. The monoisotopic (exact) mass is 421 g/mol. The molecule has 3 rings (SSSR count). The summed E-state index contributed by atoms with van der Waals surface area (Å²) in [5.74, 6) is 5.64. The molecule has 1 unspecified atom stereocenters. The van der Waals surface area contributed by atoms with E-state index in [4.69, 9.17) is 17.4 Å². The van der Waals surface area contributed by atoms with Gasteiger partial charge in [0.25, 0.3) is 0 Å². The Hall–Kier alpha value is -1.93. The number of piperidine rings is 1. The van der Waals surface area contributed by atoms with Crippen molar-refractivity contribution in [3.05, 3.63) is 59.1 Å². The SMILES string of the molecule is Cc1c(Cl)cccc1S(=O)(=O)N1CCCC(CC(=O)N(N)c2ccccc2)C1. The second-order valence-electron chi connectivity index (χ2n) is 7.04. The highest BCUT2D eigenvalue weighted by Crippen LogP contribution is 2.30. The van der Waals surface area contributed by atoms with Gasteiger partial charge in [0.1, 0.15) is 0 Å². The minimum Gasteiger partial charge on any atom is -0.273 e. The number of para-hydroxylation sites is 1.